The van der Waals surface area contributed by atoms with Crippen LogP contribution in [0.1, 0.15) is 87.1 Å². The number of piperidine rings is 1. The largest absolute Gasteiger partial charge is 0.478 e. The Hall–Kier alpha value is -2.50. The van der Waals surface area contributed by atoms with Crippen molar-refractivity contribution in [3.05, 3.63) is 52.5 Å². The number of carboxylic acids is 1. The molecule has 2 aliphatic heterocycles. The zero-order valence-electron chi connectivity index (χ0n) is 24.2. The van der Waals surface area contributed by atoms with Gasteiger partial charge in [-0.2, -0.15) is 0 Å². The molecule has 3 aromatic rings. The molecular weight excluding hydrogens is 518 g/mol. The molecule has 2 aromatic carbocycles. The normalized spacial score (nSPS) is 20.5. The molecule has 1 aliphatic carbocycles. The topological polar surface area (TPSA) is 48.7 Å². The Labute approximate surface area is 244 Å². The molecule has 0 spiro atoms. The summed E-state index contributed by atoms with van der Waals surface area (Å²) in [6.45, 7) is 11.1. The molecule has 2 fully saturated rings. The molecule has 1 unspecified atom stereocenters. The molecule has 6 heteroatoms. The molecule has 1 saturated carbocycles. The van der Waals surface area contributed by atoms with Gasteiger partial charge >= 0.3 is 5.97 Å². The number of benzene rings is 2. The van der Waals surface area contributed by atoms with Gasteiger partial charge in [-0.05, 0) is 92.3 Å². The van der Waals surface area contributed by atoms with Crippen LogP contribution in [-0.2, 0) is 6.54 Å². The number of rotatable bonds is 7. The number of aromatic nitrogens is 1. The number of aromatic carboxylic acids is 1. The Kier molecular flexibility index (Phi) is 8.14. The van der Waals surface area contributed by atoms with Crippen molar-refractivity contribution < 1.29 is 9.90 Å². The van der Waals surface area contributed by atoms with Crippen LogP contribution in [0, 0.1) is 11.8 Å². The molecule has 1 aromatic heterocycles. The van der Waals surface area contributed by atoms with Crippen molar-refractivity contribution >= 4 is 34.2 Å². The van der Waals surface area contributed by atoms with Crippen LogP contribution in [0.2, 0.25) is 5.02 Å². The summed E-state index contributed by atoms with van der Waals surface area (Å²) in [7, 11) is 0. The van der Waals surface area contributed by atoms with Crippen molar-refractivity contribution in [2.75, 3.05) is 37.6 Å². The first-order valence-electron chi connectivity index (χ1n) is 15.6. The lowest BCUT2D eigenvalue weighted by Gasteiger charge is -2.35. The van der Waals surface area contributed by atoms with Gasteiger partial charge in [-0.1, -0.05) is 50.8 Å². The lowest BCUT2D eigenvalue weighted by molar-refractivity contribution is 0.0697. The molecule has 1 atom stereocenters. The number of halogens is 1. The molecule has 3 aliphatic rings. The Morgan fingerprint density at radius 2 is 1.82 bits per heavy atom. The van der Waals surface area contributed by atoms with Crippen LogP contribution in [0.25, 0.3) is 22.2 Å². The minimum atomic E-state index is -0.863. The van der Waals surface area contributed by atoms with Crippen LogP contribution in [0.4, 0.5) is 5.69 Å². The third kappa shape index (κ3) is 5.52. The fourth-order valence-corrected chi connectivity index (χ4v) is 7.95. The van der Waals surface area contributed by atoms with E-state index < -0.39 is 5.97 Å². The van der Waals surface area contributed by atoms with Gasteiger partial charge in [-0.15, -0.1) is 0 Å². The first-order valence-corrected chi connectivity index (χ1v) is 15.9. The van der Waals surface area contributed by atoms with Crippen LogP contribution in [0.3, 0.4) is 0 Å². The highest BCUT2D eigenvalue weighted by atomic mass is 35.5. The Morgan fingerprint density at radius 1 is 1.00 bits per heavy atom. The van der Waals surface area contributed by atoms with E-state index in [4.69, 9.17) is 11.6 Å². The summed E-state index contributed by atoms with van der Waals surface area (Å²) in [5.41, 5.74) is 6.63. The van der Waals surface area contributed by atoms with E-state index in [1.54, 1.807) is 6.07 Å². The van der Waals surface area contributed by atoms with Crippen LogP contribution >= 0.6 is 11.6 Å². The smallest absolute Gasteiger partial charge is 0.335 e. The van der Waals surface area contributed by atoms with Crippen LogP contribution in [-0.4, -0.2) is 53.3 Å². The lowest BCUT2D eigenvalue weighted by atomic mass is 9.81. The number of anilines is 1. The zero-order valence-corrected chi connectivity index (χ0v) is 24.9. The van der Waals surface area contributed by atoms with Crippen molar-refractivity contribution in [2.24, 2.45) is 11.8 Å². The standard InChI is InChI=1S/C34H44ClN3O2/c1-23(2)21-36-15-6-7-24(22-36)14-16-37-17-18-38-31-19-26(34(39)40)10-12-28(31)32(25-8-4-3-5-9-25)33(38)29-13-11-27(35)20-30(29)37/h10-13,19-20,23-25H,3-9,14-18,21-22H2,1-2H3,(H,39,40). The highest BCUT2D eigenvalue weighted by Crippen LogP contribution is 2.48. The predicted molar refractivity (Wildman–Crippen MR) is 166 cm³/mol. The van der Waals surface area contributed by atoms with Crippen molar-refractivity contribution in [2.45, 2.75) is 77.7 Å². The molecule has 1 N–H and O–H groups in total. The van der Waals surface area contributed by atoms with Crippen LogP contribution in [0.15, 0.2) is 36.4 Å². The molecule has 0 bridgehead atoms. The summed E-state index contributed by atoms with van der Waals surface area (Å²) in [6.07, 6.45) is 10.0. The van der Waals surface area contributed by atoms with E-state index in [9.17, 15) is 9.90 Å². The Balaban J connectivity index is 1.38. The number of nitrogens with zero attached hydrogens (tertiary/aromatic N) is 3. The Morgan fingerprint density at radius 3 is 2.60 bits per heavy atom. The molecule has 214 valence electrons. The van der Waals surface area contributed by atoms with Gasteiger partial charge in [0, 0.05) is 59.9 Å². The van der Waals surface area contributed by atoms with E-state index in [1.165, 1.54) is 98.9 Å². The number of likely N-dealkylation sites (tertiary alicyclic amines) is 1. The minimum Gasteiger partial charge on any atom is -0.478 e. The molecule has 0 radical (unpaired) electrons. The van der Waals surface area contributed by atoms with Crippen molar-refractivity contribution in [3.8, 4) is 11.3 Å². The first-order chi connectivity index (χ1) is 19.4. The SMILES string of the molecule is CC(C)CN1CCCC(CCN2CCn3c(c(C4CCCCC4)c4ccc(C(=O)O)cc43)-c3ccc(Cl)cc32)C1. The van der Waals surface area contributed by atoms with E-state index in [0.717, 1.165) is 36.1 Å². The predicted octanol–water partition coefficient (Wildman–Crippen LogP) is 8.29. The number of hydrogen-bond donors (Lipinski definition) is 1. The quantitative estimate of drug-likeness (QED) is 0.315. The number of hydrogen-bond acceptors (Lipinski definition) is 3. The van der Waals surface area contributed by atoms with Gasteiger partial charge in [0.1, 0.15) is 0 Å². The summed E-state index contributed by atoms with van der Waals surface area (Å²) in [6, 6.07) is 12.2. The molecule has 6 rings (SSSR count). The summed E-state index contributed by atoms with van der Waals surface area (Å²) < 4.78 is 2.43. The first kappa shape index (κ1) is 27.7. The van der Waals surface area contributed by atoms with Gasteiger partial charge in [0.25, 0.3) is 0 Å². The van der Waals surface area contributed by atoms with E-state index in [-0.39, 0.29) is 0 Å². The van der Waals surface area contributed by atoms with Gasteiger partial charge in [0.15, 0.2) is 0 Å². The van der Waals surface area contributed by atoms with E-state index >= 15 is 0 Å². The maximum atomic E-state index is 12.0. The van der Waals surface area contributed by atoms with Crippen molar-refractivity contribution in [1.82, 2.24) is 9.47 Å². The second kappa shape index (κ2) is 11.8. The van der Waals surface area contributed by atoms with Crippen molar-refractivity contribution in [3.63, 3.8) is 0 Å². The molecule has 3 heterocycles. The third-order valence-corrected chi connectivity index (χ3v) is 9.78. The highest BCUT2D eigenvalue weighted by Gasteiger charge is 2.31. The van der Waals surface area contributed by atoms with E-state index in [0.29, 0.717) is 17.4 Å². The summed E-state index contributed by atoms with van der Waals surface area (Å²) in [5.74, 6) is 1.09. The second-order valence-electron chi connectivity index (χ2n) is 12.9. The number of carboxylic acid groups (broad SMARTS) is 1. The molecule has 0 amide bonds. The van der Waals surface area contributed by atoms with Gasteiger partial charge in [0.05, 0.1) is 11.3 Å². The lowest BCUT2D eigenvalue weighted by Crippen LogP contribution is -2.39. The fourth-order valence-electron chi connectivity index (χ4n) is 7.78. The Bertz CT molecular complexity index is 1370. The van der Waals surface area contributed by atoms with Crippen LogP contribution < -0.4 is 4.90 Å². The molecule has 5 nitrogen and oxygen atoms in total. The molecule has 40 heavy (non-hydrogen) atoms. The maximum absolute atomic E-state index is 12.0. The second-order valence-corrected chi connectivity index (χ2v) is 13.3. The third-order valence-electron chi connectivity index (χ3n) is 9.55. The molecular formula is C34H44ClN3O2. The average molecular weight is 562 g/mol. The van der Waals surface area contributed by atoms with E-state index in [1.807, 2.05) is 12.1 Å². The van der Waals surface area contributed by atoms with Crippen LogP contribution in [0.5, 0.6) is 0 Å². The summed E-state index contributed by atoms with van der Waals surface area (Å²) >= 11 is 6.66. The number of carbonyl (C=O) groups is 1. The van der Waals surface area contributed by atoms with Gasteiger partial charge < -0.3 is 19.5 Å². The fraction of sp³-hybridized carbons (Fsp3) is 0.559. The van der Waals surface area contributed by atoms with E-state index in [2.05, 4.69) is 46.4 Å². The molecule has 1 saturated heterocycles. The summed E-state index contributed by atoms with van der Waals surface area (Å²) in [4.78, 5) is 17.2. The highest BCUT2D eigenvalue weighted by molar-refractivity contribution is 6.31. The zero-order chi connectivity index (χ0) is 27.8. The maximum Gasteiger partial charge on any atom is 0.335 e. The van der Waals surface area contributed by atoms with Gasteiger partial charge in [-0.25, -0.2) is 4.79 Å². The summed E-state index contributed by atoms with van der Waals surface area (Å²) in [5, 5.41) is 11.8. The van der Waals surface area contributed by atoms with Gasteiger partial charge in [0.2, 0.25) is 0 Å². The number of fused-ring (bicyclic) bond motifs is 5. The van der Waals surface area contributed by atoms with Gasteiger partial charge in [-0.3, -0.25) is 0 Å². The monoisotopic (exact) mass is 561 g/mol. The minimum absolute atomic E-state index is 0.365. The van der Waals surface area contributed by atoms with Crippen molar-refractivity contribution in [1.29, 1.82) is 0 Å². The average Bonchev–Trinajstić information content (AvgIpc) is 3.17.